The second-order valence-corrected chi connectivity index (χ2v) is 7.09. The Hall–Kier alpha value is -1.92. The fourth-order valence-corrected chi connectivity index (χ4v) is 3.64. The fourth-order valence-electron chi connectivity index (χ4n) is 2.10. The Balaban J connectivity index is 2.44. The minimum absolute atomic E-state index is 0.0748. The van der Waals surface area contributed by atoms with Crippen LogP contribution in [0.2, 0.25) is 5.02 Å². The van der Waals surface area contributed by atoms with Gasteiger partial charge < -0.3 is 5.32 Å². The van der Waals surface area contributed by atoms with Crippen LogP contribution in [0, 0.1) is 0 Å². The lowest BCUT2D eigenvalue weighted by molar-refractivity contribution is 0.102. The smallest absolute Gasteiger partial charge is 0.256 e. The lowest BCUT2D eigenvalue weighted by Crippen LogP contribution is -2.16. The molecular formula is C15H15ClN2O3S. The fraction of sp³-hybridized carbons (Fsp3) is 0.200. The number of halogens is 1. The molecule has 0 bridgehead atoms. The SMILES string of the molecule is CCc1cnccc1C(=O)Nc1cccc(Cl)c1S(C)(=O)=O. The third-order valence-electron chi connectivity index (χ3n) is 3.12. The maximum atomic E-state index is 12.4. The van der Waals surface area contributed by atoms with Crippen molar-refractivity contribution >= 4 is 33.0 Å². The molecule has 2 rings (SSSR count). The average molecular weight is 339 g/mol. The Labute approximate surface area is 134 Å². The van der Waals surface area contributed by atoms with Crippen molar-refractivity contribution < 1.29 is 13.2 Å². The number of aryl methyl sites for hydroxylation is 1. The largest absolute Gasteiger partial charge is 0.321 e. The number of carbonyl (C=O) groups is 1. The van der Waals surface area contributed by atoms with Crippen molar-refractivity contribution in [2.75, 3.05) is 11.6 Å². The van der Waals surface area contributed by atoms with Gasteiger partial charge in [-0.3, -0.25) is 9.78 Å². The number of rotatable bonds is 4. The van der Waals surface area contributed by atoms with E-state index in [1.165, 1.54) is 18.3 Å². The Kier molecular flexibility index (Phi) is 4.83. The van der Waals surface area contributed by atoms with Crippen molar-refractivity contribution in [3.05, 3.63) is 52.8 Å². The molecular weight excluding hydrogens is 324 g/mol. The summed E-state index contributed by atoms with van der Waals surface area (Å²) >= 11 is 5.96. The van der Waals surface area contributed by atoms with Gasteiger partial charge >= 0.3 is 0 Å². The maximum Gasteiger partial charge on any atom is 0.256 e. The van der Waals surface area contributed by atoms with Crippen LogP contribution in [-0.4, -0.2) is 25.6 Å². The quantitative estimate of drug-likeness (QED) is 0.929. The Morgan fingerprint density at radius 3 is 2.68 bits per heavy atom. The number of sulfone groups is 1. The molecule has 22 heavy (non-hydrogen) atoms. The first kappa shape index (κ1) is 16.5. The van der Waals surface area contributed by atoms with Gasteiger partial charge in [-0.2, -0.15) is 0 Å². The highest BCUT2D eigenvalue weighted by Gasteiger charge is 2.20. The summed E-state index contributed by atoms with van der Waals surface area (Å²) in [5.41, 5.74) is 1.40. The van der Waals surface area contributed by atoms with Crippen molar-refractivity contribution in [2.24, 2.45) is 0 Å². The van der Waals surface area contributed by atoms with Crippen molar-refractivity contribution in [2.45, 2.75) is 18.2 Å². The van der Waals surface area contributed by atoms with Crippen LogP contribution in [-0.2, 0) is 16.3 Å². The number of nitrogens with zero attached hydrogens (tertiary/aromatic N) is 1. The van der Waals surface area contributed by atoms with Gasteiger partial charge in [0.15, 0.2) is 9.84 Å². The standard InChI is InChI=1S/C15H15ClN2O3S/c1-3-10-9-17-8-7-11(10)15(19)18-13-6-4-5-12(16)14(13)22(2,20)21/h4-9H,3H2,1-2H3,(H,18,19). The summed E-state index contributed by atoms with van der Waals surface area (Å²) in [6.07, 6.45) is 4.83. The van der Waals surface area contributed by atoms with Crippen LogP contribution in [0.1, 0.15) is 22.8 Å². The number of amides is 1. The lowest BCUT2D eigenvalue weighted by atomic mass is 10.1. The lowest BCUT2D eigenvalue weighted by Gasteiger charge is -2.12. The summed E-state index contributed by atoms with van der Waals surface area (Å²) in [6.45, 7) is 1.91. The van der Waals surface area contributed by atoms with Gasteiger partial charge in [0, 0.05) is 24.2 Å². The molecule has 0 saturated heterocycles. The van der Waals surface area contributed by atoms with Crippen LogP contribution in [0.25, 0.3) is 0 Å². The third kappa shape index (κ3) is 3.45. The molecule has 5 nitrogen and oxygen atoms in total. The van der Waals surface area contributed by atoms with Gasteiger partial charge in [-0.05, 0) is 30.2 Å². The average Bonchev–Trinajstić information content (AvgIpc) is 2.45. The number of pyridine rings is 1. The van der Waals surface area contributed by atoms with Crippen molar-refractivity contribution in [3.63, 3.8) is 0 Å². The molecule has 0 aliphatic carbocycles. The van der Waals surface area contributed by atoms with Crippen LogP contribution in [0.5, 0.6) is 0 Å². The molecule has 1 aromatic heterocycles. The van der Waals surface area contributed by atoms with Crippen molar-refractivity contribution in [1.29, 1.82) is 0 Å². The van der Waals surface area contributed by atoms with E-state index < -0.39 is 15.7 Å². The topological polar surface area (TPSA) is 76.1 Å². The normalized spacial score (nSPS) is 11.2. The molecule has 0 atom stereocenters. The summed E-state index contributed by atoms with van der Waals surface area (Å²) in [6, 6.07) is 6.16. The second kappa shape index (κ2) is 6.46. The van der Waals surface area contributed by atoms with E-state index >= 15 is 0 Å². The van der Waals surface area contributed by atoms with Gasteiger partial charge in [0.25, 0.3) is 5.91 Å². The van der Waals surface area contributed by atoms with E-state index in [4.69, 9.17) is 11.6 Å². The summed E-state index contributed by atoms with van der Waals surface area (Å²) in [5.74, 6) is -0.397. The number of hydrogen-bond acceptors (Lipinski definition) is 4. The summed E-state index contributed by atoms with van der Waals surface area (Å²) < 4.78 is 23.7. The molecule has 1 N–H and O–H groups in total. The van der Waals surface area contributed by atoms with Gasteiger partial charge in [-0.15, -0.1) is 0 Å². The summed E-state index contributed by atoms with van der Waals surface area (Å²) in [7, 11) is -3.57. The minimum Gasteiger partial charge on any atom is -0.321 e. The highest BCUT2D eigenvalue weighted by molar-refractivity contribution is 7.91. The first-order valence-corrected chi connectivity index (χ1v) is 8.84. The van der Waals surface area contributed by atoms with E-state index in [0.717, 1.165) is 11.8 Å². The Bertz CT molecular complexity index is 819. The van der Waals surface area contributed by atoms with E-state index in [0.29, 0.717) is 12.0 Å². The zero-order valence-electron chi connectivity index (χ0n) is 12.1. The predicted molar refractivity (Wildman–Crippen MR) is 86.1 cm³/mol. The number of benzene rings is 1. The predicted octanol–water partition coefficient (Wildman–Crippen LogP) is 2.95. The number of aromatic nitrogens is 1. The monoisotopic (exact) mass is 338 g/mol. The van der Waals surface area contributed by atoms with Gasteiger partial charge in [0.2, 0.25) is 0 Å². The van der Waals surface area contributed by atoms with Crippen LogP contribution in [0.4, 0.5) is 5.69 Å². The van der Waals surface area contributed by atoms with Crippen LogP contribution in [0.3, 0.4) is 0 Å². The van der Waals surface area contributed by atoms with E-state index in [-0.39, 0.29) is 15.6 Å². The number of anilines is 1. The van der Waals surface area contributed by atoms with E-state index in [1.807, 2.05) is 6.92 Å². The number of hydrogen-bond donors (Lipinski definition) is 1. The molecule has 1 heterocycles. The molecule has 2 aromatic rings. The molecule has 116 valence electrons. The first-order valence-electron chi connectivity index (χ1n) is 6.57. The zero-order valence-corrected chi connectivity index (χ0v) is 13.7. The van der Waals surface area contributed by atoms with E-state index in [9.17, 15) is 13.2 Å². The first-order chi connectivity index (χ1) is 10.3. The molecule has 7 heteroatoms. The maximum absolute atomic E-state index is 12.4. The molecule has 0 spiro atoms. The molecule has 1 aromatic carbocycles. The van der Waals surface area contributed by atoms with Gasteiger partial charge in [-0.25, -0.2) is 8.42 Å². The summed E-state index contributed by atoms with van der Waals surface area (Å²) in [4.78, 5) is 16.3. The summed E-state index contributed by atoms with van der Waals surface area (Å²) in [5, 5.41) is 2.69. The van der Waals surface area contributed by atoms with E-state index in [1.54, 1.807) is 18.3 Å². The van der Waals surface area contributed by atoms with Crippen LogP contribution >= 0.6 is 11.6 Å². The second-order valence-electron chi connectivity index (χ2n) is 4.73. The Morgan fingerprint density at radius 1 is 1.32 bits per heavy atom. The van der Waals surface area contributed by atoms with Gasteiger partial charge in [0.1, 0.15) is 4.90 Å². The molecule has 1 amide bonds. The van der Waals surface area contributed by atoms with Gasteiger partial charge in [-0.1, -0.05) is 24.6 Å². The molecule has 0 fully saturated rings. The van der Waals surface area contributed by atoms with Crippen molar-refractivity contribution in [3.8, 4) is 0 Å². The van der Waals surface area contributed by atoms with Crippen LogP contribution < -0.4 is 5.32 Å². The number of carbonyl (C=O) groups excluding carboxylic acids is 1. The number of nitrogens with one attached hydrogen (secondary N) is 1. The molecule has 0 aliphatic rings. The molecule has 0 radical (unpaired) electrons. The van der Waals surface area contributed by atoms with Crippen molar-refractivity contribution in [1.82, 2.24) is 4.98 Å². The highest BCUT2D eigenvalue weighted by Crippen LogP contribution is 2.29. The Morgan fingerprint density at radius 2 is 2.05 bits per heavy atom. The molecule has 0 saturated carbocycles. The van der Waals surface area contributed by atoms with Gasteiger partial charge in [0.05, 0.1) is 10.7 Å². The van der Waals surface area contributed by atoms with E-state index in [2.05, 4.69) is 10.3 Å². The molecule has 0 aliphatic heterocycles. The highest BCUT2D eigenvalue weighted by atomic mass is 35.5. The zero-order chi connectivity index (χ0) is 16.3. The molecule has 0 unspecified atom stereocenters. The third-order valence-corrected chi connectivity index (χ3v) is 4.72. The minimum atomic E-state index is -3.57. The van der Waals surface area contributed by atoms with Crippen LogP contribution in [0.15, 0.2) is 41.6 Å².